The first kappa shape index (κ1) is 20.9. The molecule has 32 heavy (non-hydrogen) atoms. The molecule has 2 aromatic rings. The summed E-state index contributed by atoms with van der Waals surface area (Å²) in [6, 6.07) is 4.91. The standard InChI is InChI=1S/C20H15F2N5O5/c1-25-9-13(18(28)23-11-4-7-14(22)15(8-11)27(31)32)16-17(25)19(29)26(20(30)24-16)12-5-2-10(21)3-6-12/h2-9,16-17H,1H3,(H,23,28)(H,24,30). The molecule has 2 N–H and O–H groups in total. The summed E-state index contributed by atoms with van der Waals surface area (Å²) in [5.74, 6) is -2.94. The zero-order valence-electron chi connectivity index (χ0n) is 16.4. The Morgan fingerprint density at radius 2 is 1.84 bits per heavy atom. The fraction of sp³-hybridized carbons (Fsp3) is 0.150. The van der Waals surface area contributed by atoms with Gasteiger partial charge in [-0.1, -0.05) is 0 Å². The van der Waals surface area contributed by atoms with Crippen molar-refractivity contribution in [2.24, 2.45) is 0 Å². The highest BCUT2D eigenvalue weighted by Gasteiger charge is 2.49. The molecular formula is C20H15F2N5O5. The van der Waals surface area contributed by atoms with Gasteiger partial charge in [0, 0.05) is 25.0 Å². The van der Waals surface area contributed by atoms with Gasteiger partial charge in [-0.05, 0) is 36.4 Å². The van der Waals surface area contributed by atoms with Gasteiger partial charge in [0.2, 0.25) is 5.82 Å². The molecule has 1 fully saturated rings. The highest BCUT2D eigenvalue weighted by atomic mass is 19.1. The van der Waals surface area contributed by atoms with Gasteiger partial charge in [0.1, 0.15) is 11.9 Å². The lowest BCUT2D eigenvalue weighted by Gasteiger charge is -2.37. The lowest BCUT2D eigenvalue weighted by molar-refractivity contribution is -0.387. The Labute approximate surface area is 179 Å². The lowest BCUT2D eigenvalue weighted by atomic mass is 9.99. The van der Waals surface area contributed by atoms with Crippen molar-refractivity contribution >= 4 is 34.9 Å². The number of imide groups is 1. The molecule has 0 saturated carbocycles. The van der Waals surface area contributed by atoms with Crippen LogP contribution in [-0.2, 0) is 9.59 Å². The maximum absolute atomic E-state index is 13.5. The number of urea groups is 1. The van der Waals surface area contributed by atoms with E-state index in [0.29, 0.717) is 0 Å². The van der Waals surface area contributed by atoms with Gasteiger partial charge in [-0.15, -0.1) is 0 Å². The molecule has 164 valence electrons. The van der Waals surface area contributed by atoms with Crippen LogP contribution >= 0.6 is 0 Å². The third-order valence-corrected chi connectivity index (χ3v) is 5.14. The van der Waals surface area contributed by atoms with E-state index >= 15 is 0 Å². The van der Waals surface area contributed by atoms with Gasteiger partial charge in [-0.2, -0.15) is 4.39 Å². The highest BCUT2D eigenvalue weighted by molar-refractivity contribution is 6.20. The van der Waals surface area contributed by atoms with Crippen LogP contribution in [0.4, 0.5) is 30.6 Å². The van der Waals surface area contributed by atoms with Crippen molar-refractivity contribution in [3.63, 3.8) is 0 Å². The van der Waals surface area contributed by atoms with Crippen LogP contribution in [0.5, 0.6) is 0 Å². The van der Waals surface area contributed by atoms with Crippen LogP contribution < -0.4 is 15.5 Å². The van der Waals surface area contributed by atoms with E-state index in [1.165, 1.54) is 23.2 Å². The number of nitrogens with zero attached hydrogens (tertiary/aromatic N) is 3. The maximum Gasteiger partial charge on any atom is 0.329 e. The maximum atomic E-state index is 13.5. The molecule has 4 rings (SSSR count). The number of rotatable bonds is 4. The van der Waals surface area contributed by atoms with Crippen molar-refractivity contribution in [2.45, 2.75) is 12.1 Å². The summed E-state index contributed by atoms with van der Waals surface area (Å²) in [7, 11) is 1.54. The molecule has 4 amide bonds. The van der Waals surface area contributed by atoms with Crippen molar-refractivity contribution in [3.05, 3.63) is 76.0 Å². The van der Waals surface area contributed by atoms with E-state index in [1.807, 2.05) is 0 Å². The second-order valence-electron chi connectivity index (χ2n) is 7.15. The number of nitro groups is 1. The van der Waals surface area contributed by atoms with Crippen molar-refractivity contribution < 1.29 is 28.1 Å². The zero-order chi connectivity index (χ0) is 23.2. The summed E-state index contributed by atoms with van der Waals surface area (Å²) in [6.07, 6.45) is 1.37. The minimum atomic E-state index is -1.06. The number of nitrogens with one attached hydrogen (secondary N) is 2. The van der Waals surface area contributed by atoms with Crippen LogP contribution in [0.3, 0.4) is 0 Å². The summed E-state index contributed by atoms with van der Waals surface area (Å²) in [5, 5.41) is 15.9. The minimum Gasteiger partial charge on any atom is -0.366 e. The van der Waals surface area contributed by atoms with E-state index < -0.39 is 52.2 Å². The van der Waals surface area contributed by atoms with E-state index in [0.717, 1.165) is 35.2 Å². The normalized spacial score (nSPS) is 19.9. The van der Waals surface area contributed by atoms with E-state index in [1.54, 1.807) is 7.05 Å². The lowest BCUT2D eigenvalue weighted by Crippen LogP contribution is -2.65. The molecule has 0 aromatic heterocycles. The molecule has 1 saturated heterocycles. The highest BCUT2D eigenvalue weighted by Crippen LogP contribution is 2.30. The van der Waals surface area contributed by atoms with Crippen LogP contribution in [0.15, 0.2) is 54.2 Å². The first-order valence-corrected chi connectivity index (χ1v) is 9.26. The van der Waals surface area contributed by atoms with Gasteiger partial charge < -0.3 is 15.5 Å². The molecule has 12 heteroatoms. The molecule has 2 atom stereocenters. The largest absolute Gasteiger partial charge is 0.366 e. The summed E-state index contributed by atoms with van der Waals surface area (Å²) in [6.45, 7) is 0. The Morgan fingerprint density at radius 3 is 2.50 bits per heavy atom. The number of anilines is 2. The Bertz CT molecular complexity index is 1180. The first-order chi connectivity index (χ1) is 15.2. The molecular weight excluding hydrogens is 428 g/mol. The predicted molar refractivity (Wildman–Crippen MR) is 108 cm³/mol. The monoisotopic (exact) mass is 443 g/mol. The number of amides is 4. The smallest absolute Gasteiger partial charge is 0.329 e. The fourth-order valence-electron chi connectivity index (χ4n) is 3.66. The fourth-order valence-corrected chi connectivity index (χ4v) is 3.66. The average Bonchev–Trinajstić information content (AvgIpc) is 3.07. The first-order valence-electron chi connectivity index (χ1n) is 9.26. The molecule has 0 spiro atoms. The quantitative estimate of drug-likeness (QED) is 0.551. The van der Waals surface area contributed by atoms with E-state index in [9.17, 15) is 33.3 Å². The molecule has 2 aliphatic heterocycles. The van der Waals surface area contributed by atoms with Gasteiger partial charge in [0.15, 0.2) is 0 Å². The number of benzene rings is 2. The average molecular weight is 443 g/mol. The molecule has 0 radical (unpaired) electrons. The number of carbonyl (C=O) groups is 3. The number of carbonyl (C=O) groups excluding carboxylic acids is 3. The number of hydrogen-bond donors (Lipinski definition) is 2. The third-order valence-electron chi connectivity index (χ3n) is 5.14. The number of fused-ring (bicyclic) bond motifs is 1. The third kappa shape index (κ3) is 3.51. The van der Waals surface area contributed by atoms with Crippen molar-refractivity contribution in [1.29, 1.82) is 0 Å². The molecule has 10 nitrogen and oxygen atoms in total. The van der Waals surface area contributed by atoms with Gasteiger partial charge in [0.05, 0.1) is 22.2 Å². The topological polar surface area (TPSA) is 125 Å². The summed E-state index contributed by atoms with van der Waals surface area (Å²) in [4.78, 5) is 50.8. The second-order valence-corrected chi connectivity index (χ2v) is 7.15. The van der Waals surface area contributed by atoms with Crippen LogP contribution in [0, 0.1) is 21.7 Å². The molecule has 2 unspecified atom stereocenters. The molecule has 2 heterocycles. The summed E-state index contributed by atoms with van der Waals surface area (Å²) in [5.41, 5.74) is -0.645. The Kier molecular flexibility index (Phi) is 5.04. The summed E-state index contributed by atoms with van der Waals surface area (Å²) >= 11 is 0. The molecule has 0 aliphatic carbocycles. The van der Waals surface area contributed by atoms with E-state index in [2.05, 4.69) is 10.6 Å². The van der Waals surface area contributed by atoms with Gasteiger partial charge in [-0.3, -0.25) is 19.7 Å². The number of nitro benzene ring substituents is 1. The Hall–Kier alpha value is -4.35. The zero-order valence-corrected chi connectivity index (χ0v) is 16.4. The minimum absolute atomic E-state index is 0.0310. The Morgan fingerprint density at radius 1 is 1.16 bits per heavy atom. The van der Waals surface area contributed by atoms with Crippen LogP contribution in [0.25, 0.3) is 0 Å². The molecule has 0 bridgehead atoms. The van der Waals surface area contributed by atoms with Gasteiger partial charge in [-0.25, -0.2) is 14.1 Å². The van der Waals surface area contributed by atoms with Crippen molar-refractivity contribution in [1.82, 2.24) is 10.2 Å². The number of halogens is 2. The van der Waals surface area contributed by atoms with E-state index in [4.69, 9.17) is 0 Å². The molecule has 2 aliphatic rings. The van der Waals surface area contributed by atoms with Crippen molar-refractivity contribution in [2.75, 3.05) is 17.3 Å². The van der Waals surface area contributed by atoms with Gasteiger partial charge in [0.25, 0.3) is 11.8 Å². The van der Waals surface area contributed by atoms with Gasteiger partial charge >= 0.3 is 11.7 Å². The van der Waals surface area contributed by atoms with Crippen LogP contribution in [0.1, 0.15) is 0 Å². The second kappa shape index (κ2) is 7.72. The summed E-state index contributed by atoms with van der Waals surface area (Å²) < 4.78 is 26.7. The predicted octanol–water partition coefficient (Wildman–Crippen LogP) is 2.13. The van der Waals surface area contributed by atoms with Crippen molar-refractivity contribution in [3.8, 4) is 0 Å². The Balaban J connectivity index is 1.57. The molecule has 2 aromatic carbocycles. The van der Waals surface area contributed by atoms with Crippen LogP contribution in [0.2, 0.25) is 0 Å². The number of likely N-dealkylation sites (N-methyl/N-ethyl adjacent to an activating group) is 1. The SMILES string of the molecule is CN1C=C(C(=O)Nc2ccc(F)c([N+](=O)[O-])c2)C2NC(=O)N(c3ccc(F)cc3)C(=O)C21. The van der Waals surface area contributed by atoms with Crippen LogP contribution in [-0.4, -0.2) is 46.8 Å². The number of hydrogen-bond acceptors (Lipinski definition) is 6. The van der Waals surface area contributed by atoms with E-state index in [-0.39, 0.29) is 16.9 Å².